The average molecular weight is 541 g/mol. The van der Waals surface area contributed by atoms with Gasteiger partial charge in [-0.15, -0.1) is 0 Å². The molecule has 3 amide bonds. The van der Waals surface area contributed by atoms with Crippen molar-refractivity contribution < 1.29 is 19.1 Å². The number of fused-ring (bicyclic) bond motifs is 1. The number of nitrogens with zero attached hydrogens (tertiary/aromatic N) is 1. The van der Waals surface area contributed by atoms with Gasteiger partial charge in [0, 0.05) is 29.6 Å². The number of hydrogen-bond donors (Lipinski definition) is 3. The fourth-order valence-corrected chi connectivity index (χ4v) is 5.23. The number of nitrogens with one attached hydrogen (secondary N) is 2. The fourth-order valence-electron chi connectivity index (χ4n) is 5.10. The zero-order valence-electron chi connectivity index (χ0n) is 22.1. The molecule has 4 N–H and O–H groups in total. The summed E-state index contributed by atoms with van der Waals surface area (Å²) in [5, 5.41) is 6.45. The van der Waals surface area contributed by atoms with Crippen LogP contribution in [0.2, 0.25) is 5.02 Å². The summed E-state index contributed by atoms with van der Waals surface area (Å²) < 4.78 is 5.80. The summed E-state index contributed by atoms with van der Waals surface area (Å²) in [5.74, 6) is 0.0726. The van der Waals surface area contributed by atoms with Gasteiger partial charge in [0.15, 0.2) is 6.61 Å². The third-order valence-corrected chi connectivity index (χ3v) is 7.69. The smallest absolute Gasteiger partial charge is 0.265 e. The van der Waals surface area contributed by atoms with Gasteiger partial charge in [0.1, 0.15) is 5.75 Å². The van der Waals surface area contributed by atoms with E-state index < -0.39 is 0 Å². The van der Waals surface area contributed by atoms with Crippen molar-refractivity contribution in [2.75, 3.05) is 29.9 Å². The third-order valence-electron chi connectivity index (χ3n) is 7.44. The molecular formula is C29H37ClN4O4. The molecular weight excluding hydrogens is 504 g/mol. The topological polar surface area (TPSA) is 114 Å². The van der Waals surface area contributed by atoms with Crippen LogP contribution in [0.15, 0.2) is 42.5 Å². The molecule has 1 saturated carbocycles. The normalized spacial score (nSPS) is 18.3. The summed E-state index contributed by atoms with van der Waals surface area (Å²) in [5.41, 5.74) is 6.97. The highest BCUT2D eigenvalue weighted by Crippen LogP contribution is 2.39. The van der Waals surface area contributed by atoms with Crippen molar-refractivity contribution in [1.82, 2.24) is 5.32 Å². The Morgan fingerprint density at radius 1 is 1.13 bits per heavy atom. The monoisotopic (exact) mass is 540 g/mol. The largest absolute Gasteiger partial charge is 0.484 e. The number of anilines is 2. The summed E-state index contributed by atoms with van der Waals surface area (Å²) in [6.07, 6.45) is 5.45. The zero-order valence-corrected chi connectivity index (χ0v) is 22.9. The zero-order chi connectivity index (χ0) is 27.3. The van der Waals surface area contributed by atoms with Crippen LogP contribution in [0.4, 0.5) is 11.4 Å². The number of amides is 3. The Balaban J connectivity index is 1.62. The molecule has 38 heavy (non-hydrogen) atoms. The van der Waals surface area contributed by atoms with Crippen LogP contribution in [0, 0.1) is 11.3 Å². The Kier molecular flexibility index (Phi) is 8.95. The van der Waals surface area contributed by atoms with Gasteiger partial charge in [-0.3, -0.25) is 14.4 Å². The molecule has 8 nitrogen and oxygen atoms in total. The summed E-state index contributed by atoms with van der Waals surface area (Å²) in [4.78, 5) is 41.4. The van der Waals surface area contributed by atoms with Gasteiger partial charge >= 0.3 is 0 Å². The van der Waals surface area contributed by atoms with Gasteiger partial charge in [-0.05, 0) is 73.2 Å². The first-order chi connectivity index (χ1) is 18.2. The van der Waals surface area contributed by atoms with Crippen molar-refractivity contribution in [3.63, 3.8) is 0 Å². The second-order valence-corrected chi connectivity index (χ2v) is 11.4. The number of carbonyl (C=O) groups is 3. The highest BCUT2D eigenvalue weighted by Gasteiger charge is 2.38. The summed E-state index contributed by atoms with van der Waals surface area (Å²) >= 11 is 5.97. The molecule has 1 aliphatic heterocycles. The lowest BCUT2D eigenvalue weighted by molar-refractivity contribution is -0.121. The van der Waals surface area contributed by atoms with E-state index in [1.807, 2.05) is 13.8 Å². The molecule has 1 fully saturated rings. The van der Waals surface area contributed by atoms with Crippen molar-refractivity contribution in [3.05, 3.63) is 53.1 Å². The summed E-state index contributed by atoms with van der Waals surface area (Å²) in [7, 11) is 0. The number of nitrogens with two attached hydrogens (primary N) is 1. The van der Waals surface area contributed by atoms with Crippen molar-refractivity contribution in [2.24, 2.45) is 17.1 Å². The molecule has 1 unspecified atom stereocenters. The first-order valence-electron chi connectivity index (χ1n) is 13.3. The van der Waals surface area contributed by atoms with Crippen LogP contribution < -0.4 is 26.0 Å². The second kappa shape index (κ2) is 12.2. The molecule has 0 aromatic heterocycles. The fraction of sp³-hybridized carbons (Fsp3) is 0.483. The van der Waals surface area contributed by atoms with E-state index in [9.17, 15) is 14.4 Å². The van der Waals surface area contributed by atoms with Gasteiger partial charge in [-0.1, -0.05) is 44.7 Å². The Labute approximate surface area is 229 Å². The molecule has 1 heterocycles. The number of ether oxygens (including phenoxy) is 1. The third kappa shape index (κ3) is 6.85. The summed E-state index contributed by atoms with van der Waals surface area (Å²) in [6.45, 7) is 4.62. The molecule has 0 spiro atoms. The van der Waals surface area contributed by atoms with Crippen LogP contribution in [-0.4, -0.2) is 43.5 Å². The van der Waals surface area contributed by atoms with Gasteiger partial charge in [-0.2, -0.15) is 0 Å². The number of rotatable bonds is 8. The van der Waals surface area contributed by atoms with E-state index in [0.717, 1.165) is 25.7 Å². The molecule has 2 aromatic carbocycles. The Morgan fingerprint density at radius 2 is 1.84 bits per heavy atom. The highest BCUT2D eigenvalue weighted by atomic mass is 35.5. The molecule has 0 saturated heterocycles. The van der Waals surface area contributed by atoms with E-state index >= 15 is 0 Å². The maximum absolute atomic E-state index is 13.7. The van der Waals surface area contributed by atoms with Gasteiger partial charge < -0.3 is 26.0 Å². The maximum Gasteiger partial charge on any atom is 0.265 e. The molecule has 0 radical (unpaired) electrons. The van der Waals surface area contributed by atoms with Gasteiger partial charge in [-0.25, -0.2) is 0 Å². The van der Waals surface area contributed by atoms with Crippen LogP contribution in [-0.2, 0) is 9.59 Å². The molecule has 4 rings (SSSR count). The van der Waals surface area contributed by atoms with Crippen LogP contribution in [0.1, 0.15) is 62.7 Å². The lowest BCUT2D eigenvalue weighted by Crippen LogP contribution is -2.47. The molecule has 2 aliphatic rings. The predicted molar refractivity (Wildman–Crippen MR) is 150 cm³/mol. The molecule has 1 atom stereocenters. The second-order valence-electron chi connectivity index (χ2n) is 11.0. The summed E-state index contributed by atoms with van der Waals surface area (Å²) in [6, 6.07) is 11.6. The maximum atomic E-state index is 13.7. The van der Waals surface area contributed by atoms with Crippen molar-refractivity contribution >= 4 is 40.7 Å². The molecule has 2 aromatic rings. The van der Waals surface area contributed by atoms with E-state index in [-0.39, 0.29) is 48.1 Å². The highest BCUT2D eigenvalue weighted by molar-refractivity contribution is 6.30. The minimum Gasteiger partial charge on any atom is -0.484 e. The standard InChI is InChI=1S/C29H37ClN4O4/c1-29(2,17-31)18-32-28(37)20-8-13-24-23(14-20)33-26(35)15-25(19-6-4-3-5-7-19)34(24)27(36)16-38-22-11-9-21(30)10-12-22/h8-14,19,25H,3-7,15-18,31H2,1-2H3,(H,32,37)(H,33,35). The van der Waals surface area contributed by atoms with Crippen LogP contribution in [0.3, 0.4) is 0 Å². The number of hydrogen-bond acceptors (Lipinski definition) is 5. The lowest BCUT2D eigenvalue weighted by atomic mass is 9.81. The molecule has 9 heteroatoms. The Bertz CT molecular complexity index is 1160. The molecule has 204 valence electrons. The first-order valence-corrected chi connectivity index (χ1v) is 13.7. The minimum atomic E-state index is -0.289. The van der Waals surface area contributed by atoms with Crippen LogP contribution >= 0.6 is 11.6 Å². The number of halogens is 1. The van der Waals surface area contributed by atoms with E-state index in [1.165, 1.54) is 6.42 Å². The quantitative estimate of drug-likeness (QED) is 0.447. The van der Waals surface area contributed by atoms with E-state index in [4.69, 9.17) is 22.1 Å². The van der Waals surface area contributed by atoms with Crippen molar-refractivity contribution in [3.8, 4) is 5.75 Å². The Morgan fingerprint density at radius 3 is 2.53 bits per heavy atom. The Hall–Kier alpha value is -3.10. The van der Waals surface area contributed by atoms with Gasteiger partial charge in [0.05, 0.1) is 11.4 Å². The molecule has 1 aliphatic carbocycles. The van der Waals surface area contributed by atoms with E-state index in [1.54, 1.807) is 47.4 Å². The molecule has 0 bridgehead atoms. The SMILES string of the molecule is CC(C)(CN)CNC(=O)c1ccc2c(c1)NC(=O)CC(C1CCCCC1)N2C(=O)COc1ccc(Cl)cc1. The van der Waals surface area contributed by atoms with Crippen LogP contribution in [0.5, 0.6) is 5.75 Å². The number of benzene rings is 2. The van der Waals surface area contributed by atoms with Crippen molar-refractivity contribution in [2.45, 2.75) is 58.4 Å². The number of carbonyl (C=O) groups excluding carboxylic acids is 3. The van der Waals surface area contributed by atoms with Gasteiger partial charge in [0.25, 0.3) is 11.8 Å². The van der Waals surface area contributed by atoms with Crippen molar-refractivity contribution in [1.29, 1.82) is 0 Å². The van der Waals surface area contributed by atoms with Crippen LogP contribution in [0.25, 0.3) is 0 Å². The minimum absolute atomic E-state index is 0.169. The average Bonchev–Trinajstić information content (AvgIpc) is 3.07. The lowest BCUT2D eigenvalue weighted by Gasteiger charge is -2.37. The van der Waals surface area contributed by atoms with E-state index in [0.29, 0.717) is 40.8 Å². The van der Waals surface area contributed by atoms with Gasteiger partial charge in [0.2, 0.25) is 5.91 Å². The first kappa shape index (κ1) is 27.9. The van der Waals surface area contributed by atoms with E-state index in [2.05, 4.69) is 10.6 Å². The predicted octanol–water partition coefficient (Wildman–Crippen LogP) is 4.76.